The zero-order valence-corrected chi connectivity index (χ0v) is 21.0. The van der Waals surface area contributed by atoms with Gasteiger partial charge in [0.2, 0.25) is 5.91 Å². The van der Waals surface area contributed by atoms with E-state index in [0.29, 0.717) is 18.2 Å². The number of hydrogen-bond acceptors (Lipinski definition) is 2. The lowest BCUT2D eigenvalue weighted by molar-refractivity contribution is -0.116. The summed E-state index contributed by atoms with van der Waals surface area (Å²) in [5.41, 5.74) is 0.886. The average molecular weight is 464 g/mol. The summed E-state index contributed by atoms with van der Waals surface area (Å²) in [5, 5.41) is 0. The molecule has 0 aliphatic heterocycles. The Hall–Kier alpha value is -2.26. The first-order valence-electron chi connectivity index (χ1n) is 11.0. The highest BCUT2D eigenvalue weighted by atomic mass is 31.0. The van der Waals surface area contributed by atoms with E-state index in [0.717, 1.165) is 36.1 Å². The SMILES string of the molecule is C=C(CC)c1cccc(F)c1.CCC[C@H](C)CN(C(C)=O)c1ccc(OC(C)(F)P)cc1. The maximum atomic E-state index is 13.4. The van der Waals surface area contributed by atoms with Gasteiger partial charge in [-0.05, 0) is 66.3 Å². The monoisotopic (exact) mass is 463 g/mol. The van der Waals surface area contributed by atoms with Gasteiger partial charge in [-0.1, -0.05) is 55.1 Å². The van der Waals surface area contributed by atoms with Gasteiger partial charge in [-0.25, -0.2) is 4.39 Å². The van der Waals surface area contributed by atoms with Gasteiger partial charge in [-0.15, -0.1) is 0 Å². The van der Waals surface area contributed by atoms with Gasteiger partial charge in [0.25, 0.3) is 5.60 Å². The van der Waals surface area contributed by atoms with E-state index in [9.17, 15) is 13.6 Å². The third kappa shape index (κ3) is 10.4. The molecule has 3 atom stereocenters. The quantitative estimate of drug-likeness (QED) is 0.358. The topological polar surface area (TPSA) is 29.5 Å². The predicted molar refractivity (Wildman–Crippen MR) is 134 cm³/mol. The fourth-order valence-corrected chi connectivity index (χ4v) is 3.28. The zero-order chi connectivity index (χ0) is 24.3. The molecule has 2 rings (SSSR count). The molecule has 0 heterocycles. The summed E-state index contributed by atoms with van der Waals surface area (Å²) >= 11 is 0. The van der Waals surface area contributed by atoms with E-state index >= 15 is 0 Å². The molecule has 0 radical (unpaired) electrons. The van der Waals surface area contributed by atoms with Crippen molar-refractivity contribution in [2.45, 2.75) is 59.5 Å². The second kappa shape index (κ2) is 13.3. The van der Waals surface area contributed by atoms with E-state index < -0.39 is 5.60 Å². The van der Waals surface area contributed by atoms with Gasteiger partial charge >= 0.3 is 0 Å². The third-order valence-electron chi connectivity index (χ3n) is 4.78. The fraction of sp³-hybridized carbons (Fsp3) is 0.423. The molecule has 0 aromatic heterocycles. The van der Waals surface area contributed by atoms with Crippen molar-refractivity contribution >= 4 is 26.4 Å². The van der Waals surface area contributed by atoms with Crippen molar-refractivity contribution in [1.29, 1.82) is 0 Å². The molecular weight excluding hydrogens is 427 g/mol. The Morgan fingerprint density at radius 1 is 1.22 bits per heavy atom. The second-order valence-electron chi connectivity index (χ2n) is 8.07. The van der Waals surface area contributed by atoms with Crippen LogP contribution in [-0.2, 0) is 4.79 Å². The van der Waals surface area contributed by atoms with Crippen LogP contribution < -0.4 is 9.64 Å². The second-order valence-corrected chi connectivity index (χ2v) is 9.10. The minimum atomic E-state index is -1.79. The van der Waals surface area contributed by atoms with Crippen molar-refractivity contribution in [3.05, 3.63) is 66.5 Å². The third-order valence-corrected chi connectivity index (χ3v) is 4.90. The molecule has 0 N–H and O–H groups in total. The van der Waals surface area contributed by atoms with Crippen LogP contribution in [0.3, 0.4) is 0 Å². The van der Waals surface area contributed by atoms with E-state index in [2.05, 4.69) is 20.4 Å². The molecule has 0 saturated carbocycles. The number of carbonyl (C=O) groups excluding carboxylic acids is 1. The van der Waals surface area contributed by atoms with Gasteiger partial charge in [0.15, 0.2) is 0 Å². The van der Waals surface area contributed by atoms with E-state index in [4.69, 9.17) is 4.74 Å². The minimum Gasteiger partial charge on any atom is -0.455 e. The van der Waals surface area contributed by atoms with Crippen molar-refractivity contribution in [3.63, 3.8) is 0 Å². The molecule has 1 amide bonds. The van der Waals surface area contributed by atoms with E-state index in [1.165, 1.54) is 19.1 Å². The number of carbonyl (C=O) groups is 1. The number of nitrogens with zero attached hydrogens (tertiary/aromatic N) is 1. The van der Waals surface area contributed by atoms with Crippen molar-refractivity contribution in [3.8, 4) is 5.75 Å². The molecule has 0 saturated heterocycles. The number of benzene rings is 2. The van der Waals surface area contributed by atoms with Crippen LogP contribution in [-0.4, -0.2) is 18.0 Å². The Balaban J connectivity index is 0.000000389. The molecule has 0 aliphatic carbocycles. The first-order valence-corrected chi connectivity index (χ1v) is 11.5. The summed E-state index contributed by atoms with van der Waals surface area (Å²) in [6.45, 7) is 13.7. The van der Waals surface area contributed by atoms with Crippen LogP contribution in [0, 0.1) is 11.7 Å². The highest BCUT2D eigenvalue weighted by Crippen LogP contribution is 2.27. The highest BCUT2D eigenvalue weighted by Gasteiger charge is 2.18. The van der Waals surface area contributed by atoms with Crippen LogP contribution in [0.25, 0.3) is 5.57 Å². The predicted octanol–water partition coefficient (Wildman–Crippen LogP) is 7.62. The summed E-state index contributed by atoms with van der Waals surface area (Å²) in [6.07, 6.45) is 3.05. The van der Waals surface area contributed by atoms with Crippen molar-refractivity contribution in [2.24, 2.45) is 5.92 Å². The number of anilines is 1. The Bertz CT molecular complexity index is 863. The Kier molecular flexibility index (Phi) is 11.6. The maximum Gasteiger partial charge on any atom is 0.256 e. The van der Waals surface area contributed by atoms with Crippen LogP contribution in [0.1, 0.15) is 59.4 Å². The Labute approximate surface area is 194 Å². The molecular formula is C26H36F2NO2P. The van der Waals surface area contributed by atoms with Crippen molar-refractivity contribution in [2.75, 3.05) is 11.4 Å². The standard InChI is InChI=1S/C16H25FNO2P.C10H11F/c1-5-6-12(2)11-18(13(3)19)14-7-9-15(10-8-14)20-16(4,17)21;1-3-8(2)9-5-4-6-10(11)7-9/h7-10,12H,5-6,11,21H2,1-4H3;4-7H,2-3H2,1H3/t12-,16?;/m0./s1. The van der Waals surface area contributed by atoms with Crippen molar-refractivity contribution in [1.82, 2.24) is 0 Å². The lowest BCUT2D eigenvalue weighted by Gasteiger charge is -2.25. The number of rotatable bonds is 9. The Morgan fingerprint density at radius 3 is 2.31 bits per heavy atom. The van der Waals surface area contributed by atoms with Crippen molar-refractivity contribution < 1.29 is 18.3 Å². The van der Waals surface area contributed by atoms with Crippen LogP contribution >= 0.6 is 9.24 Å². The molecule has 176 valence electrons. The number of halogens is 2. The van der Waals surface area contributed by atoms with Gasteiger partial charge in [0.05, 0.1) is 0 Å². The minimum absolute atomic E-state index is 0.00741. The largest absolute Gasteiger partial charge is 0.455 e. The van der Waals surface area contributed by atoms with Gasteiger partial charge in [0.1, 0.15) is 11.6 Å². The fourth-order valence-electron chi connectivity index (χ4n) is 3.15. The van der Waals surface area contributed by atoms with Gasteiger partial charge in [-0.3, -0.25) is 4.79 Å². The molecule has 0 spiro atoms. The van der Waals surface area contributed by atoms with E-state index in [-0.39, 0.29) is 11.7 Å². The molecule has 2 aromatic carbocycles. The molecule has 32 heavy (non-hydrogen) atoms. The number of alkyl halides is 1. The van der Waals surface area contributed by atoms with Gasteiger partial charge < -0.3 is 9.64 Å². The number of hydrogen-bond donors (Lipinski definition) is 0. The molecule has 2 aromatic rings. The Morgan fingerprint density at radius 2 is 1.84 bits per heavy atom. The summed E-state index contributed by atoms with van der Waals surface area (Å²) < 4.78 is 31.1. The summed E-state index contributed by atoms with van der Waals surface area (Å²) in [4.78, 5) is 13.6. The maximum absolute atomic E-state index is 13.4. The summed E-state index contributed by atoms with van der Waals surface area (Å²) in [7, 11) is 1.99. The van der Waals surface area contributed by atoms with Crippen LogP contribution in [0.4, 0.5) is 14.5 Å². The van der Waals surface area contributed by atoms with Gasteiger partial charge in [0, 0.05) is 26.1 Å². The molecule has 0 bridgehead atoms. The lowest BCUT2D eigenvalue weighted by atomic mass is 10.1. The van der Waals surface area contributed by atoms with Crippen LogP contribution in [0.5, 0.6) is 5.75 Å². The summed E-state index contributed by atoms with van der Waals surface area (Å²) in [6, 6.07) is 13.4. The normalized spacial score (nSPS) is 13.2. The molecule has 0 fully saturated rings. The average Bonchev–Trinajstić information content (AvgIpc) is 2.71. The molecule has 6 heteroatoms. The zero-order valence-electron chi connectivity index (χ0n) is 19.8. The summed E-state index contributed by atoms with van der Waals surface area (Å²) in [5.74, 6) is 0.685. The lowest BCUT2D eigenvalue weighted by Crippen LogP contribution is -2.32. The first kappa shape index (κ1) is 27.8. The molecule has 2 unspecified atom stereocenters. The first-order chi connectivity index (χ1) is 15.0. The number of allylic oxidation sites excluding steroid dienone is 1. The van der Waals surface area contributed by atoms with E-state index in [1.807, 2.05) is 22.2 Å². The van der Waals surface area contributed by atoms with Gasteiger partial charge in [-0.2, -0.15) is 4.39 Å². The molecule has 0 aliphatic rings. The van der Waals surface area contributed by atoms with E-state index in [1.54, 1.807) is 42.2 Å². The smallest absolute Gasteiger partial charge is 0.256 e. The number of amides is 1. The highest BCUT2D eigenvalue weighted by molar-refractivity contribution is 7.18. The number of ether oxygens (including phenoxy) is 1. The molecule has 3 nitrogen and oxygen atoms in total. The van der Waals surface area contributed by atoms with Crippen LogP contribution in [0.2, 0.25) is 0 Å². The van der Waals surface area contributed by atoms with Crippen LogP contribution in [0.15, 0.2) is 55.1 Å².